The Morgan fingerprint density at radius 1 is 1.04 bits per heavy atom. The van der Waals surface area contributed by atoms with Crippen molar-refractivity contribution in [3.63, 3.8) is 0 Å². The highest BCUT2D eigenvalue weighted by molar-refractivity contribution is 6.00. The number of nitrogens with zero attached hydrogens (tertiary/aromatic N) is 1. The van der Waals surface area contributed by atoms with Crippen molar-refractivity contribution in [3.05, 3.63) is 71.9 Å². The zero-order chi connectivity index (χ0) is 16.8. The van der Waals surface area contributed by atoms with E-state index in [1.807, 2.05) is 42.5 Å². The molecule has 4 heteroatoms. The first-order valence-electron chi connectivity index (χ1n) is 8.13. The molecule has 3 aromatic rings. The van der Waals surface area contributed by atoms with E-state index in [2.05, 4.69) is 34.7 Å². The average molecular weight is 319 g/mol. The van der Waals surface area contributed by atoms with Gasteiger partial charge in [-0.15, -0.1) is 0 Å². The molecule has 0 saturated heterocycles. The molecule has 0 bridgehead atoms. The van der Waals surface area contributed by atoms with E-state index >= 15 is 0 Å². The summed E-state index contributed by atoms with van der Waals surface area (Å²) in [4.78, 5) is 16.5. The number of fused-ring (bicyclic) bond motifs is 1. The van der Waals surface area contributed by atoms with Gasteiger partial charge in [-0.1, -0.05) is 42.5 Å². The van der Waals surface area contributed by atoms with Crippen molar-refractivity contribution < 1.29 is 4.79 Å². The van der Waals surface area contributed by atoms with Crippen molar-refractivity contribution in [2.24, 2.45) is 0 Å². The quantitative estimate of drug-likeness (QED) is 0.682. The zero-order valence-electron chi connectivity index (χ0n) is 13.8. The zero-order valence-corrected chi connectivity index (χ0v) is 13.8. The number of aryl methyl sites for hydroxylation is 1. The number of rotatable bonds is 6. The highest BCUT2D eigenvalue weighted by atomic mass is 16.1. The number of hydrogen-bond acceptors (Lipinski definition) is 3. The Morgan fingerprint density at radius 3 is 2.75 bits per heavy atom. The van der Waals surface area contributed by atoms with Crippen LogP contribution in [0.15, 0.2) is 60.8 Å². The largest absolute Gasteiger partial charge is 0.324 e. The number of nitrogens with one attached hydrogen (secondary N) is 2. The van der Waals surface area contributed by atoms with Crippen LogP contribution in [0.25, 0.3) is 10.9 Å². The predicted octanol–water partition coefficient (Wildman–Crippen LogP) is 3.66. The van der Waals surface area contributed by atoms with Gasteiger partial charge in [-0.25, -0.2) is 0 Å². The number of para-hydroxylation sites is 1. The molecule has 24 heavy (non-hydrogen) atoms. The monoisotopic (exact) mass is 319 g/mol. The van der Waals surface area contributed by atoms with Crippen molar-refractivity contribution in [1.82, 2.24) is 10.3 Å². The SMILES string of the molecule is Cc1ccccc1CNCCC(=O)Nc1cccc2cccnc12. The van der Waals surface area contributed by atoms with E-state index in [0.717, 1.165) is 23.1 Å². The van der Waals surface area contributed by atoms with Gasteiger partial charge >= 0.3 is 0 Å². The van der Waals surface area contributed by atoms with E-state index < -0.39 is 0 Å². The third-order valence-electron chi connectivity index (χ3n) is 4.01. The van der Waals surface area contributed by atoms with E-state index in [1.54, 1.807) is 6.20 Å². The summed E-state index contributed by atoms with van der Waals surface area (Å²) in [7, 11) is 0. The molecule has 1 aromatic heterocycles. The Morgan fingerprint density at radius 2 is 1.88 bits per heavy atom. The maximum absolute atomic E-state index is 12.2. The number of pyridine rings is 1. The summed E-state index contributed by atoms with van der Waals surface area (Å²) < 4.78 is 0. The van der Waals surface area contributed by atoms with Gasteiger partial charge in [0, 0.05) is 31.1 Å². The van der Waals surface area contributed by atoms with Gasteiger partial charge < -0.3 is 10.6 Å². The molecule has 4 nitrogen and oxygen atoms in total. The Bertz CT molecular complexity index is 840. The fraction of sp³-hybridized carbons (Fsp3) is 0.200. The van der Waals surface area contributed by atoms with E-state index in [0.29, 0.717) is 13.0 Å². The lowest BCUT2D eigenvalue weighted by atomic mass is 10.1. The van der Waals surface area contributed by atoms with Gasteiger partial charge in [-0.2, -0.15) is 0 Å². The highest BCUT2D eigenvalue weighted by Crippen LogP contribution is 2.20. The summed E-state index contributed by atoms with van der Waals surface area (Å²) in [5.74, 6) is -0.00885. The van der Waals surface area contributed by atoms with Crippen molar-refractivity contribution in [1.29, 1.82) is 0 Å². The number of carbonyl (C=O) groups is 1. The lowest BCUT2D eigenvalue weighted by molar-refractivity contribution is -0.116. The van der Waals surface area contributed by atoms with Crippen LogP contribution in [0.4, 0.5) is 5.69 Å². The van der Waals surface area contributed by atoms with E-state index in [9.17, 15) is 4.79 Å². The van der Waals surface area contributed by atoms with Gasteiger partial charge in [0.2, 0.25) is 5.91 Å². The first kappa shape index (κ1) is 16.1. The van der Waals surface area contributed by atoms with Crippen LogP contribution < -0.4 is 10.6 Å². The molecule has 0 aliphatic rings. The number of aromatic nitrogens is 1. The summed E-state index contributed by atoms with van der Waals surface area (Å²) in [5, 5.41) is 7.29. The standard InChI is InChI=1S/C20H21N3O/c1-15-6-2-3-7-17(15)14-21-13-11-19(24)23-18-10-4-8-16-9-5-12-22-20(16)18/h2-10,12,21H,11,13-14H2,1H3,(H,23,24). The Balaban J connectivity index is 1.51. The number of benzene rings is 2. The van der Waals surface area contributed by atoms with Crippen LogP contribution >= 0.6 is 0 Å². The van der Waals surface area contributed by atoms with Crippen LogP contribution in [0.1, 0.15) is 17.5 Å². The first-order chi connectivity index (χ1) is 11.7. The first-order valence-corrected chi connectivity index (χ1v) is 8.13. The van der Waals surface area contributed by atoms with Crippen molar-refractivity contribution in [3.8, 4) is 0 Å². The van der Waals surface area contributed by atoms with Crippen LogP contribution in [0.3, 0.4) is 0 Å². The topological polar surface area (TPSA) is 54.0 Å². The van der Waals surface area contributed by atoms with E-state index in [4.69, 9.17) is 0 Å². The highest BCUT2D eigenvalue weighted by Gasteiger charge is 2.06. The maximum Gasteiger partial charge on any atom is 0.225 e. The summed E-state index contributed by atoms with van der Waals surface area (Å²) in [6.45, 7) is 3.51. The van der Waals surface area contributed by atoms with Crippen LogP contribution in [0, 0.1) is 6.92 Å². The lowest BCUT2D eigenvalue weighted by Gasteiger charge is -2.09. The molecule has 122 valence electrons. The molecule has 0 fully saturated rings. The molecule has 0 spiro atoms. The second-order valence-electron chi connectivity index (χ2n) is 5.78. The molecule has 3 rings (SSSR count). The lowest BCUT2D eigenvalue weighted by Crippen LogP contribution is -2.22. The minimum Gasteiger partial charge on any atom is -0.324 e. The second-order valence-corrected chi connectivity index (χ2v) is 5.78. The molecule has 0 aliphatic carbocycles. The number of anilines is 1. The molecule has 0 atom stereocenters. The normalized spacial score (nSPS) is 10.7. The van der Waals surface area contributed by atoms with Gasteiger partial charge in [0.1, 0.15) is 0 Å². The summed E-state index contributed by atoms with van der Waals surface area (Å²) >= 11 is 0. The summed E-state index contributed by atoms with van der Waals surface area (Å²) in [6, 6.07) is 17.9. The molecule has 0 unspecified atom stereocenters. The fourth-order valence-corrected chi connectivity index (χ4v) is 2.65. The molecule has 1 amide bonds. The Kier molecular flexibility index (Phi) is 5.18. The minimum atomic E-state index is -0.00885. The molecule has 0 aliphatic heterocycles. The third-order valence-corrected chi connectivity index (χ3v) is 4.01. The number of carbonyl (C=O) groups excluding carboxylic acids is 1. The number of hydrogen-bond donors (Lipinski definition) is 2. The molecule has 2 N–H and O–H groups in total. The van der Waals surface area contributed by atoms with E-state index in [1.165, 1.54) is 11.1 Å². The van der Waals surface area contributed by atoms with Gasteiger partial charge in [0.25, 0.3) is 0 Å². The minimum absolute atomic E-state index is 0.00885. The smallest absolute Gasteiger partial charge is 0.225 e. The molecule has 2 aromatic carbocycles. The fourth-order valence-electron chi connectivity index (χ4n) is 2.65. The summed E-state index contributed by atoms with van der Waals surface area (Å²) in [5.41, 5.74) is 4.10. The molecule has 1 heterocycles. The maximum atomic E-state index is 12.2. The van der Waals surface area contributed by atoms with Crippen LogP contribution in [0.2, 0.25) is 0 Å². The molecule has 0 saturated carbocycles. The number of amides is 1. The summed E-state index contributed by atoms with van der Waals surface area (Å²) in [6.07, 6.45) is 2.16. The predicted molar refractivity (Wildman–Crippen MR) is 97.9 cm³/mol. The van der Waals surface area contributed by atoms with Gasteiger partial charge in [-0.05, 0) is 30.2 Å². The van der Waals surface area contributed by atoms with E-state index in [-0.39, 0.29) is 5.91 Å². The van der Waals surface area contributed by atoms with Gasteiger partial charge in [0.05, 0.1) is 11.2 Å². The van der Waals surface area contributed by atoms with Crippen LogP contribution in [-0.4, -0.2) is 17.4 Å². The Hall–Kier alpha value is -2.72. The van der Waals surface area contributed by atoms with Gasteiger partial charge in [0.15, 0.2) is 0 Å². The molecular weight excluding hydrogens is 298 g/mol. The van der Waals surface area contributed by atoms with Crippen molar-refractivity contribution >= 4 is 22.5 Å². The van der Waals surface area contributed by atoms with Crippen LogP contribution in [0.5, 0.6) is 0 Å². The molecular formula is C20H21N3O. The average Bonchev–Trinajstić information content (AvgIpc) is 2.60. The Labute approximate surface area is 141 Å². The van der Waals surface area contributed by atoms with Crippen molar-refractivity contribution in [2.75, 3.05) is 11.9 Å². The molecule has 0 radical (unpaired) electrons. The van der Waals surface area contributed by atoms with Crippen molar-refractivity contribution in [2.45, 2.75) is 19.9 Å². The van der Waals surface area contributed by atoms with Crippen LogP contribution in [-0.2, 0) is 11.3 Å². The second kappa shape index (κ2) is 7.70. The van der Waals surface area contributed by atoms with Gasteiger partial charge in [-0.3, -0.25) is 9.78 Å². The third kappa shape index (κ3) is 3.97.